The van der Waals surface area contributed by atoms with Crippen molar-refractivity contribution in [2.24, 2.45) is 0 Å². The average Bonchev–Trinajstić information content (AvgIpc) is 3.12. The summed E-state index contributed by atoms with van der Waals surface area (Å²) in [7, 11) is 0. The minimum atomic E-state index is -0.111. The maximum atomic E-state index is 12.1. The molecule has 25 heavy (non-hydrogen) atoms. The Morgan fingerprint density at radius 2 is 2.04 bits per heavy atom. The van der Waals surface area contributed by atoms with E-state index >= 15 is 0 Å². The molecule has 0 saturated carbocycles. The van der Waals surface area contributed by atoms with Crippen molar-refractivity contribution in [2.45, 2.75) is 13.5 Å². The van der Waals surface area contributed by atoms with Gasteiger partial charge in [-0.15, -0.1) is 0 Å². The summed E-state index contributed by atoms with van der Waals surface area (Å²) in [6.07, 6.45) is 3.16. The van der Waals surface area contributed by atoms with Crippen LogP contribution in [-0.2, 0) is 6.54 Å². The van der Waals surface area contributed by atoms with Crippen molar-refractivity contribution in [3.05, 3.63) is 77.9 Å². The van der Waals surface area contributed by atoms with Gasteiger partial charge in [0.05, 0.1) is 13.1 Å². The van der Waals surface area contributed by atoms with E-state index in [-0.39, 0.29) is 5.91 Å². The molecular formula is C19H20N4O2. The molecule has 3 aromatic rings. The van der Waals surface area contributed by atoms with E-state index in [9.17, 15) is 4.79 Å². The van der Waals surface area contributed by atoms with Crippen LogP contribution in [0.3, 0.4) is 0 Å². The number of rotatable bonds is 7. The number of nitrogens with zero attached hydrogens (tertiary/aromatic N) is 3. The molecule has 0 aliphatic rings. The number of amides is 1. The Bertz CT molecular complexity index is 814. The summed E-state index contributed by atoms with van der Waals surface area (Å²) in [5, 5.41) is 6.92. The van der Waals surface area contributed by atoms with Gasteiger partial charge in [0.2, 0.25) is 0 Å². The van der Waals surface area contributed by atoms with Gasteiger partial charge in [-0.1, -0.05) is 24.3 Å². The van der Waals surface area contributed by atoms with Crippen LogP contribution in [0.2, 0.25) is 0 Å². The molecule has 2 aromatic carbocycles. The quantitative estimate of drug-likeness (QED) is 0.673. The van der Waals surface area contributed by atoms with Gasteiger partial charge in [0.1, 0.15) is 25.0 Å². The largest absolute Gasteiger partial charge is 0.492 e. The number of hydrogen-bond acceptors (Lipinski definition) is 4. The van der Waals surface area contributed by atoms with E-state index in [1.807, 2.05) is 55.5 Å². The fraction of sp³-hybridized carbons (Fsp3) is 0.211. The molecule has 1 amide bonds. The summed E-state index contributed by atoms with van der Waals surface area (Å²) >= 11 is 0. The SMILES string of the molecule is Cc1cccc(OCCNC(=O)c2ccc(Cn3cncn3)cc2)c1. The number of carbonyl (C=O) groups excluding carboxylic acids is 1. The lowest BCUT2D eigenvalue weighted by Crippen LogP contribution is -2.28. The third-order valence-corrected chi connectivity index (χ3v) is 3.67. The van der Waals surface area contributed by atoms with Crippen LogP contribution in [0, 0.1) is 6.92 Å². The number of benzene rings is 2. The van der Waals surface area contributed by atoms with Crippen LogP contribution in [0.25, 0.3) is 0 Å². The minimum absolute atomic E-state index is 0.111. The van der Waals surface area contributed by atoms with Crippen LogP contribution in [0.15, 0.2) is 61.2 Å². The van der Waals surface area contributed by atoms with E-state index in [1.165, 1.54) is 6.33 Å². The monoisotopic (exact) mass is 336 g/mol. The smallest absolute Gasteiger partial charge is 0.251 e. The van der Waals surface area contributed by atoms with E-state index in [1.54, 1.807) is 11.0 Å². The molecule has 0 aliphatic carbocycles. The summed E-state index contributed by atoms with van der Waals surface area (Å²) in [4.78, 5) is 16.1. The fourth-order valence-corrected chi connectivity index (χ4v) is 2.40. The maximum Gasteiger partial charge on any atom is 0.251 e. The highest BCUT2D eigenvalue weighted by Crippen LogP contribution is 2.11. The van der Waals surface area contributed by atoms with Crippen molar-refractivity contribution >= 4 is 5.91 Å². The number of nitrogens with one attached hydrogen (secondary N) is 1. The number of aryl methyl sites for hydroxylation is 1. The summed E-state index contributed by atoms with van der Waals surface area (Å²) in [5.41, 5.74) is 2.83. The van der Waals surface area contributed by atoms with E-state index < -0.39 is 0 Å². The molecule has 3 rings (SSSR count). The fourth-order valence-electron chi connectivity index (χ4n) is 2.40. The Hall–Kier alpha value is -3.15. The lowest BCUT2D eigenvalue weighted by Gasteiger charge is -2.09. The first kappa shape index (κ1) is 16.7. The van der Waals surface area contributed by atoms with E-state index in [0.717, 1.165) is 16.9 Å². The van der Waals surface area contributed by atoms with Crippen LogP contribution in [-0.4, -0.2) is 33.8 Å². The van der Waals surface area contributed by atoms with Crippen molar-refractivity contribution in [1.29, 1.82) is 0 Å². The zero-order valence-corrected chi connectivity index (χ0v) is 14.1. The number of aromatic nitrogens is 3. The van der Waals surface area contributed by atoms with Crippen molar-refractivity contribution in [3.63, 3.8) is 0 Å². The second-order valence-electron chi connectivity index (χ2n) is 5.71. The van der Waals surface area contributed by atoms with Gasteiger partial charge in [0, 0.05) is 5.56 Å². The molecule has 6 heteroatoms. The molecule has 6 nitrogen and oxygen atoms in total. The van der Waals surface area contributed by atoms with Crippen LogP contribution >= 0.6 is 0 Å². The first-order valence-electron chi connectivity index (χ1n) is 8.10. The predicted octanol–water partition coefficient (Wildman–Crippen LogP) is 2.44. The molecule has 128 valence electrons. The molecular weight excluding hydrogens is 316 g/mol. The lowest BCUT2D eigenvalue weighted by atomic mass is 10.1. The topological polar surface area (TPSA) is 69.0 Å². The zero-order chi connectivity index (χ0) is 17.5. The van der Waals surface area contributed by atoms with Crippen LogP contribution in [0.5, 0.6) is 5.75 Å². The third-order valence-electron chi connectivity index (χ3n) is 3.67. The summed E-state index contributed by atoms with van der Waals surface area (Å²) in [6.45, 7) is 3.53. The third kappa shape index (κ3) is 4.91. The lowest BCUT2D eigenvalue weighted by molar-refractivity contribution is 0.0947. The second-order valence-corrected chi connectivity index (χ2v) is 5.71. The molecule has 0 atom stereocenters. The maximum absolute atomic E-state index is 12.1. The van der Waals surface area contributed by atoms with Gasteiger partial charge in [0.25, 0.3) is 5.91 Å². The standard InChI is InChI=1S/C19H20N4O2/c1-15-3-2-4-18(11-15)25-10-9-21-19(24)17-7-5-16(6-8-17)12-23-14-20-13-22-23/h2-8,11,13-14H,9-10,12H2,1H3,(H,21,24). The van der Waals surface area contributed by atoms with Gasteiger partial charge >= 0.3 is 0 Å². The highest BCUT2D eigenvalue weighted by atomic mass is 16.5. The van der Waals surface area contributed by atoms with E-state index in [2.05, 4.69) is 15.4 Å². The Labute approximate surface area is 146 Å². The number of carbonyl (C=O) groups is 1. The summed E-state index contributed by atoms with van der Waals surface area (Å²) < 4.78 is 7.35. The molecule has 0 bridgehead atoms. The van der Waals surface area contributed by atoms with Crippen LogP contribution in [0.1, 0.15) is 21.5 Å². The van der Waals surface area contributed by atoms with Gasteiger partial charge in [-0.2, -0.15) is 5.10 Å². The number of ether oxygens (including phenoxy) is 1. The second kappa shape index (κ2) is 8.10. The van der Waals surface area contributed by atoms with Crippen molar-refractivity contribution in [3.8, 4) is 5.75 Å². The molecule has 1 N–H and O–H groups in total. The number of hydrogen-bond donors (Lipinski definition) is 1. The highest BCUT2D eigenvalue weighted by molar-refractivity contribution is 5.94. The average molecular weight is 336 g/mol. The molecule has 1 heterocycles. The van der Waals surface area contributed by atoms with E-state index in [0.29, 0.717) is 25.3 Å². The Balaban J connectivity index is 1.45. The molecule has 0 unspecified atom stereocenters. The first-order chi connectivity index (χ1) is 12.2. The zero-order valence-electron chi connectivity index (χ0n) is 14.1. The van der Waals surface area contributed by atoms with Crippen molar-refractivity contribution < 1.29 is 9.53 Å². The summed E-state index contributed by atoms with van der Waals surface area (Å²) in [5.74, 6) is 0.701. The minimum Gasteiger partial charge on any atom is -0.492 e. The van der Waals surface area contributed by atoms with Gasteiger partial charge in [-0.3, -0.25) is 4.79 Å². The van der Waals surface area contributed by atoms with Gasteiger partial charge in [-0.05, 0) is 42.3 Å². The summed E-state index contributed by atoms with van der Waals surface area (Å²) in [6, 6.07) is 15.3. The van der Waals surface area contributed by atoms with Gasteiger partial charge in [-0.25, -0.2) is 9.67 Å². The van der Waals surface area contributed by atoms with Crippen LogP contribution < -0.4 is 10.1 Å². The predicted molar refractivity (Wildman–Crippen MR) is 94.6 cm³/mol. The van der Waals surface area contributed by atoms with Gasteiger partial charge in [0.15, 0.2) is 0 Å². The molecule has 0 radical (unpaired) electrons. The first-order valence-corrected chi connectivity index (χ1v) is 8.10. The molecule has 0 saturated heterocycles. The van der Waals surface area contributed by atoms with Gasteiger partial charge < -0.3 is 10.1 Å². The molecule has 0 aliphatic heterocycles. The van der Waals surface area contributed by atoms with E-state index in [4.69, 9.17) is 4.74 Å². The molecule has 1 aromatic heterocycles. The van der Waals surface area contributed by atoms with Crippen molar-refractivity contribution in [2.75, 3.05) is 13.2 Å². The van der Waals surface area contributed by atoms with Crippen molar-refractivity contribution in [1.82, 2.24) is 20.1 Å². The Morgan fingerprint density at radius 1 is 1.20 bits per heavy atom. The highest BCUT2D eigenvalue weighted by Gasteiger charge is 2.05. The molecule has 0 fully saturated rings. The van der Waals surface area contributed by atoms with Crippen LogP contribution in [0.4, 0.5) is 0 Å². The normalized spacial score (nSPS) is 10.4. The molecule has 0 spiro atoms. The Morgan fingerprint density at radius 3 is 2.76 bits per heavy atom. The Kier molecular flexibility index (Phi) is 5.41.